The molecule has 0 radical (unpaired) electrons. The van der Waals surface area contributed by atoms with Crippen molar-refractivity contribution < 1.29 is 39.2 Å². The monoisotopic (exact) mass is 146 g/mol. The third kappa shape index (κ3) is 173. The molecule has 0 fully saturated rings. The van der Waals surface area contributed by atoms with Gasteiger partial charge in [-0.05, 0) is 0 Å². The van der Waals surface area contributed by atoms with E-state index in [-0.39, 0.29) is 21.7 Å². The summed E-state index contributed by atoms with van der Waals surface area (Å²) in [5.41, 5.74) is 0. The fourth-order valence-corrected chi connectivity index (χ4v) is 0. The van der Waals surface area contributed by atoms with Gasteiger partial charge in [0, 0.05) is 21.7 Å². The predicted molar refractivity (Wildman–Crippen MR) is 14.2 cm³/mol. The second kappa shape index (κ2) is 2.71. The fraction of sp³-hybridized carbons (Fsp3) is 0. The van der Waals surface area contributed by atoms with Crippen LogP contribution < -0.4 is 0 Å². The molecule has 0 spiro atoms. The minimum atomic E-state index is -4.67. The van der Waals surface area contributed by atoms with Gasteiger partial charge in [-0.3, -0.25) is 9.11 Å². The Morgan fingerprint density at radius 1 is 1.17 bits per heavy atom. The smallest absolute Gasteiger partial charge is 0.264 e. The molecule has 36 valence electrons. The molecule has 4 nitrogen and oxygen atoms in total. The largest absolute Gasteiger partial charge is 0.394 e. The van der Waals surface area contributed by atoms with Gasteiger partial charge in [0.1, 0.15) is 0 Å². The van der Waals surface area contributed by atoms with Crippen LogP contribution in [0.15, 0.2) is 0 Å². The van der Waals surface area contributed by atoms with Crippen molar-refractivity contribution in [2.75, 3.05) is 0 Å². The average molecular weight is 146 g/mol. The summed E-state index contributed by atoms with van der Waals surface area (Å²) in [6.07, 6.45) is 0. The first-order valence-electron chi connectivity index (χ1n) is 0.698. The molecule has 0 aliphatic heterocycles. The summed E-state index contributed by atoms with van der Waals surface area (Å²) in [4.78, 5) is 0. The van der Waals surface area contributed by atoms with E-state index in [4.69, 9.17) is 17.5 Å². The van der Waals surface area contributed by atoms with E-state index in [1.54, 1.807) is 0 Å². The van der Waals surface area contributed by atoms with Crippen LogP contribution in [0.5, 0.6) is 0 Å². The van der Waals surface area contributed by atoms with Crippen LogP contribution in [0.2, 0.25) is 0 Å². The van der Waals surface area contributed by atoms with Crippen molar-refractivity contribution in [3.05, 3.63) is 0 Å². The summed E-state index contributed by atoms with van der Waals surface area (Å²) in [6.45, 7) is 0. The van der Waals surface area contributed by atoms with Gasteiger partial charge < -0.3 is 0 Å². The summed E-state index contributed by atoms with van der Waals surface area (Å²) in [5, 5.41) is 0. The predicted octanol–water partition coefficient (Wildman–Crippen LogP) is -0.655. The van der Waals surface area contributed by atoms with E-state index < -0.39 is 10.4 Å². The standard InChI is InChI=1S/H2O4S.Ti/c1-5(2,3)4;/h(H2,1,2,3,4);. The van der Waals surface area contributed by atoms with Crippen molar-refractivity contribution in [2.24, 2.45) is 0 Å². The quantitative estimate of drug-likeness (QED) is 0.351. The number of hydrogen-bond donors (Lipinski definition) is 2. The molecule has 0 heterocycles. The molecule has 0 aromatic rings. The maximum absolute atomic E-state index is 8.74. The van der Waals surface area contributed by atoms with Gasteiger partial charge in [0.05, 0.1) is 0 Å². The van der Waals surface area contributed by atoms with Crippen LogP contribution >= 0.6 is 0 Å². The molecule has 2 N–H and O–H groups in total. The van der Waals surface area contributed by atoms with Crippen molar-refractivity contribution in [2.45, 2.75) is 0 Å². The van der Waals surface area contributed by atoms with E-state index >= 15 is 0 Å². The second-order valence-corrected chi connectivity index (χ2v) is 1.34. The Hall–Kier alpha value is 0.584. The van der Waals surface area contributed by atoms with Crippen LogP contribution in [0.1, 0.15) is 0 Å². The van der Waals surface area contributed by atoms with Crippen LogP contribution in [0.3, 0.4) is 0 Å². The van der Waals surface area contributed by atoms with Crippen molar-refractivity contribution >= 4 is 10.4 Å². The van der Waals surface area contributed by atoms with Gasteiger partial charge >= 0.3 is 10.4 Å². The van der Waals surface area contributed by atoms with Crippen LogP contribution in [-0.4, -0.2) is 17.5 Å². The molecule has 6 heavy (non-hydrogen) atoms. The molecular formula is H2O4STi. The minimum absolute atomic E-state index is 0. The average Bonchev–Trinajstić information content (AvgIpc) is 0.722. The second-order valence-electron chi connectivity index (χ2n) is 0.448. The summed E-state index contributed by atoms with van der Waals surface area (Å²) in [6, 6.07) is 0. The molecule has 0 rings (SSSR count). The Balaban J connectivity index is 0. The normalized spacial score (nSPS) is 9.67. The van der Waals surface area contributed by atoms with Crippen LogP contribution in [0.4, 0.5) is 0 Å². The number of hydrogen-bond acceptors (Lipinski definition) is 2. The molecule has 0 aromatic heterocycles. The van der Waals surface area contributed by atoms with Crippen molar-refractivity contribution in [3.63, 3.8) is 0 Å². The molecule has 0 bridgehead atoms. The van der Waals surface area contributed by atoms with Gasteiger partial charge in [0.25, 0.3) is 0 Å². The fourth-order valence-electron chi connectivity index (χ4n) is 0. The molecule has 0 aromatic carbocycles. The zero-order chi connectivity index (χ0) is 4.50. The molecule has 0 unspecified atom stereocenters. The van der Waals surface area contributed by atoms with E-state index in [1.807, 2.05) is 0 Å². The Bertz CT molecular complexity index is 90.7. The van der Waals surface area contributed by atoms with Gasteiger partial charge in [-0.2, -0.15) is 8.42 Å². The molecule has 0 amide bonds. The zero-order valence-corrected chi connectivity index (χ0v) is 5.00. The first kappa shape index (κ1) is 9.77. The van der Waals surface area contributed by atoms with E-state index in [9.17, 15) is 0 Å². The van der Waals surface area contributed by atoms with E-state index in [0.29, 0.717) is 0 Å². The minimum Gasteiger partial charge on any atom is -0.264 e. The van der Waals surface area contributed by atoms with Gasteiger partial charge in [-0.15, -0.1) is 0 Å². The van der Waals surface area contributed by atoms with Crippen molar-refractivity contribution in [1.82, 2.24) is 0 Å². The van der Waals surface area contributed by atoms with Crippen molar-refractivity contribution in [3.8, 4) is 0 Å². The van der Waals surface area contributed by atoms with Crippen LogP contribution in [0.25, 0.3) is 0 Å². The Kier molecular flexibility index (Phi) is 4.41. The molecule has 0 aliphatic rings. The SMILES string of the molecule is O=S(=O)(O)O.[Ti]. The van der Waals surface area contributed by atoms with Crippen molar-refractivity contribution in [1.29, 1.82) is 0 Å². The first-order chi connectivity index (χ1) is 2.00. The summed E-state index contributed by atoms with van der Waals surface area (Å²) in [5.74, 6) is 0. The maximum Gasteiger partial charge on any atom is 0.394 e. The van der Waals surface area contributed by atoms with E-state index in [0.717, 1.165) is 0 Å². The molecule has 0 saturated carbocycles. The molecule has 6 heteroatoms. The summed E-state index contributed by atoms with van der Waals surface area (Å²) >= 11 is 0. The Morgan fingerprint density at radius 2 is 1.17 bits per heavy atom. The topological polar surface area (TPSA) is 74.6 Å². The molecule has 0 saturated heterocycles. The zero-order valence-electron chi connectivity index (χ0n) is 2.62. The van der Waals surface area contributed by atoms with Gasteiger partial charge in [0.15, 0.2) is 0 Å². The molecule has 0 aliphatic carbocycles. The van der Waals surface area contributed by atoms with E-state index in [1.165, 1.54) is 0 Å². The summed E-state index contributed by atoms with van der Waals surface area (Å²) in [7, 11) is -4.67. The molecule has 0 atom stereocenters. The van der Waals surface area contributed by atoms with E-state index in [2.05, 4.69) is 0 Å². The molecular weight excluding hydrogens is 144 g/mol. The number of rotatable bonds is 0. The third-order valence-corrected chi connectivity index (χ3v) is 0. The maximum atomic E-state index is 8.74. The summed E-state index contributed by atoms with van der Waals surface area (Å²) < 4.78 is 31.6. The van der Waals surface area contributed by atoms with Crippen LogP contribution in [0, 0.1) is 0 Å². The van der Waals surface area contributed by atoms with Gasteiger partial charge in [0.2, 0.25) is 0 Å². The Labute approximate surface area is 50.0 Å². The van der Waals surface area contributed by atoms with Gasteiger partial charge in [-0.25, -0.2) is 0 Å². The first-order valence-corrected chi connectivity index (χ1v) is 2.10. The van der Waals surface area contributed by atoms with Gasteiger partial charge in [-0.1, -0.05) is 0 Å². The van der Waals surface area contributed by atoms with Crippen LogP contribution in [-0.2, 0) is 32.1 Å². The Morgan fingerprint density at radius 3 is 1.17 bits per heavy atom. The third-order valence-electron chi connectivity index (χ3n) is 0.